The molecule has 98 valence electrons. The minimum atomic E-state index is 0.390. The first-order chi connectivity index (χ1) is 8.10. The maximum Gasteiger partial charge on any atom is 0.0389 e. The van der Waals surface area contributed by atoms with Crippen molar-refractivity contribution in [2.75, 3.05) is 5.33 Å². The van der Waals surface area contributed by atoms with E-state index in [9.17, 15) is 0 Å². The summed E-state index contributed by atoms with van der Waals surface area (Å²) in [5.74, 6) is 0. The quantitative estimate of drug-likeness (QED) is 0.388. The van der Waals surface area contributed by atoms with Crippen LogP contribution in [0.15, 0.2) is 22.9 Å². The lowest BCUT2D eigenvalue weighted by Crippen LogP contribution is -2.24. The monoisotopic (exact) mass is 300 g/mol. The van der Waals surface area contributed by atoms with Gasteiger partial charge in [-0.15, -0.1) is 0 Å². The highest BCUT2D eigenvalue weighted by Crippen LogP contribution is 2.22. The summed E-state index contributed by atoms with van der Waals surface area (Å²) >= 11 is 3.57. The molecule has 0 unspecified atom stereocenters. The topological polar surface area (TPSA) is 35.9 Å². The Labute approximate surface area is 114 Å². The molecule has 0 fully saturated rings. The summed E-state index contributed by atoms with van der Waals surface area (Å²) in [4.78, 5) is 0. The van der Waals surface area contributed by atoms with E-state index in [2.05, 4.69) is 48.9 Å². The zero-order valence-electron chi connectivity index (χ0n) is 11.4. The smallest absolute Gasteiger partial charge is 0.0389 e. The SMILES string of the molecule is CCC/C(CBr)=C(CC)/C(=C/C=N)NC(C)C. The van der Waals surface area contributed by atoms with Crippen molar-refractivity contribution >= 4 is 22.1 Å². The minimum Gasteiger partial charge on any atom is -0.383 e. The van der Waals surface area contributed by atoms with Gasteiger partial charge in [0.1, 0.15) is 0 Å². The Balaban J connectivity index is 5.25. The van der Waals surface area contributed by atoms with E-state index in [0.29, 0.717) is 6.04 Å². The van der Waals surface area contributed by atoms with Crippen LogP contribution in [-0.4, -0.2) is 17.6 Å². The van der Waals surface area contributed by atoms with Gasteiger partial charge in [0, 0.05) is 23.3 Å². The fourth-order valence-electron chi connectivity index (χ4n) is 1.86. The van der Waals surface area contributed by atoms with Crippen molar-refractivity contribution in [3.05, 3.63) is 22.9 Å². The zero-order chi connectivity index (χ0) is 13.3. The van der Waals surface area contributed by atoms with Crippen LogP contribution in [0.4, 0.5) is 0 Å². The Morgan fingerprint density at radius 1 is 1.35 bits per heavy atom. The minimum absolute atomic E-state index is 0.390. The number of nitrogens with one attached hydrogen (secondary N) is 2. The predicted octanol–water partition coefficient (Wildman–Crippen LogP) is 4.42. The van der Waals surface area contributed by atoms with E-state index >= 15 is 0 Å². The molecule has 0 aliphatic heterocycles. The van der Waals surface area contributed by atoms with Crippen molar-refractivity contribution < 1.29 is 0 Å². The Bertz CT molecular complexity index is 291. The first-order valence-electron chi connectivity index (χ1n) is 6.35. The Hall–Kier alpha value is -0.570. The van der Waals surface area contributed by atoms with Crippen molar-refractivity contribution in [2.45, 2.75) is 53.0 Å². The van der Waals surface area contributed by atoms with Crippen molar-refractivity contribution in [1.29, 1.82) is 5.41 Å². The van der Waals surface area contributed by atoms with Gasteiger partial charge in [-0.3, -0.25) is 0 Å². The first-order valence-corrected chi connectivity index (χ1v) is 7.47. The van der Waals surface area contributed by atoms with Crippen LogP contribution in [0.2, 0.25) is 0 Å². The lowest BCUT2D eigenvalue weighted by atomic mass is 9.99. The van der Waals surface area contributed by atoms with E-state index < -0.39 is 0 Å². The second-order valence-corrected chi connectivity index (χ2v) is 4.93. The van der Waals surface area contributed by atoms with Crippen LogP contribution in [0.1, 0.15) is 47.0 Å². The Morgan fingerprint density at radius 2 is 2.00 bits per heavy atom. The van der Waals surface area contributed by atoms with Crippen molar-refractivity contribution in [3.63, 3.8) is 0 Å². The lowest BCUT2D eigenvalue weighted by Gasteiger charge is -2.19. The van der Waals surface area contributed by atoms with Crippen LogP contribution in [0, 0.1) is 5.41 Å². The molecule has 0 rings (SSSR count). The summed E-state index contributed by atoms with van der Waals surface area (Å²) in [6.45, 7) is 8.62. The molecule has 0 amide bonds. The molecular weight excluding hydrogens is 276 g/mol. The number of hydrogen-bond donors (Lipinski definition) is 2. The van der Waals surface area contributed by atoms with Gasteiger partial charge in [0.15, 0.2) is 0 Å². The molecule has 0 saturated heterocycles. The second kappa shape index (κ2) is 9.46. The number of alkyl halides is 1. The highest BCUT2D eigenvalue weighted by molar-refractivity contribution is 9.09. The van der Waals surface area contributed by atoms with Gasteiger partial charge < -0.3 is 10.7 Å². The summed E-state index contributed by atoms with van der Waals surface area (Å²) in [7, 11) is 0. The van der Waals surface area contributed by atoms with E-state index in [1.54, 1.807) is 0 Å². The standard InChI is InChI=1S/C14H25BrN2/c1-5-7-12(10-15)13(6-2)14(8-9-16)17-11(3)4/h8-9,11,16-17H,5-7,10H2,1-4H3/b13-12-,14-8-,16-9?. The maximum absolute atomic E-state index is 7.27. The van der Waals surface area contributed by atoms with Crippen LogP contribution in [-0.2, 0) is 0 Å². The fourth-order valence-corrected chi connectivity index (χ4v) is 2.48. The molecule has 3 heteroatoms. The van der Waals surface area contributed by atoms with Gasteiger partial charge in [0.25, 0.3) is 0 Å². The molecule has 0 aliphatic carbocycles. The number of allylic oxidation sites excluding steroid dienone is 3. The third-order valence-corrected chi connectivity index (χ3v) is 3.19. The molecule has 0 aromatic rings. The highest BCUT2D eigenvalue weighted by atomic mass is 79.9. The summed E-state index contributed by atoms with van der Waals surface area (Å²) in [5, 5.41) is 11.6. The number of rotatable bonds is 8. The van der Waals surface area contributed by atoms with Gasteiger partial charge in [-0.05, 0) is 38.3 Å². The third-order valence-electron chi connectivity index (χ3n) is 2.51. The van der Waals surface area contributed by atoms with Gasteiger partial charge >= 0.3 is 0 Å². The maximum atomic E-state index is 7.27. The molecule has 0 spiro atoms. The second-order valence-electron chi connectivity index (χ2n) is 4.37. The van der Waals surface area contributed by atoms with Gasteiger partial charge in [-0.2, -0.15) is 0 Å². The molecule has 0 aliphatic rings. The summed E-state index contributed by atoms with van der Waals surface area (Å²) in [6, 6.07) is 0.390. The molecule has 0 aromatic carbocycles. The van der Waals surface area contributed by atoms with Gasteiger partial charge in [-0.25, -0.2) is 0 Å². The fraction of sp³-hybridized carbons (Fsp3) is 0.643. The normalized spacial score (nSPS) is 13.6. The Kier molecular flexibility index (Phi) is 9.14. The third kappa shape index (κ3) is 6.06. The van der Waals surface area contributed by atoms with E-state index in [0.717, 1.165) is 30.3 Å². The molecular formula is C14H25BrN2. The largest absolute Gasteiger partial charge is 0.383 e. The molecule has 2 nitrogen and oxygen atoms in total. The number of hydrogen-bond acceptors (Lipinski definition) is 2. The molecule has 0 heterocycles. The van der Waals surface area contributed by atoms with Crippen LogP contribution in [0.5, 0.6) is 0 Å². The van der Waals surface area contributed by atoms with Crippen LogP contribution in [0.3, 0.4) is 0 Å². The molecule has 0 bridgehead atoms. The average molecular weight is 301 g/mol. The molecule has 17 heavy (non-hydrogen) atoms. The summed E-state index contributed by atoms with van der Waals surface area (Å²) < 4.78 is 0. The summed E-state index contributed by atoms with van der Waals surface area (Å²) in [5.41, 5.74) is 3.89. The Morgan fingerprint density at radius 3 is 2.35 bits per heavy atom. The van der Waals surface area contributed by atoms with Gasteiger partial charge in [0.05, 0.1) is 0 Å². The van der Waals surface area contributed by atoms with Crippen LogP contribution >= 0.6 is 15.9 Å². The number of halogens is 1. The first kappa shape index (κ1) is 16.4. The molecule has 0 aromatic heterocycles. The van der Waals surface area contributed by atoms with Gasteiger partial charge in [0.2, 0.25) is 0 Å². The lowest BCUT2D eigenvalue weighted by molar-refractivity contribution is 0.667. The van der Waals surface area contributed by atoms with Crippen molar-refractivity contribution in [2.24, 2.45) is 0 Å². The van der Waals surface area contributed by atoms with E-state index in [1.165, 1.54) is 17.4 Å². The van der Waals surface area contributed by atoms with Crippen LogP contribution in [0.25, 0.3) is 0 Å². The van der Waals surface area contributed by atoms with E-state index in [-0.39, 0.29) is 0 Å². The van der Waals surface area contributed by atoms with Crippen molar-refractivity contribution in [1.82, 2.24) is 5.32 Å². The van der Waals surface area contributed by atoms with Gasteiger partial charge in [-0.1, -0.05) is 41.8 Å². The predicted molar refractivity (Wildman–Crippen MR) is 81.2 cm³/mol. The molecule has 0 radical (unpaired) electrons. The molecule has 0 saturated carbocycles. The molecule has 0 atom stereocenters. The molecule has 2 N–H and O–H groups in total. The highest BCUT2D eigenvalue weighted by Gasteiger charge is 2.09. The zero-order valence-corrected chi connectivity index (χ0v) is 13.0. The average Bonchev–Trinajstić information content (AvgIpc) is 2.28. The van der Waals surface area contributed by atoms with E-state index in [1.807, 2.05) is 6.08 Å². The van der Waals surface area contributed by atoms with E-state index in [4.69, 9.17) is 5.41 Å². The van der Waals surface area contributed by atoms with Crippen molar-refractivity contribution in [3.8, 4) is 0 Å². The summed E-state index contributed by atoms with van der Waals surface area (Å²) in [6.07, 6.45) is 6.49. The van der Waals surface area contributed by atoms with Crippen LogP contribution < -0.4 is 5.32 Å².